The highest BCUT2D eigenvalue weighted by atomic mass is 16.3. The number of nitrogens with one attached hydrogen (secondary N) is 2. The number of hydrogen-bond donors (Lipinski definition) is 2. The maximum Gasteiger partial charge on any atom is 0.273 e. The maximum atomic E-state index is 12.4. The minimum Gasteiger partial charge on any atom is -0.459 e. The van der Waals surface area contributed by atoms with Gasteiger partial charge in [0.15, 0.2) is 5.69 Å². The molecule has 1 atom stereocenters. The predicted octanol–water partition coefficient (Wildman–Crippen LogP) is 2.26. The molecule has 1 aliphatic rings. The Balaban J connectivity index is 1.38. The predicted molar refractivity (Wildman–Crippen MR) is 97.7 cm³/mol. The van der Waals surface area contributed by atoms with Crippen LogP contribution in [0.15, 0.2) is 34.9 Å². The Bertz CT molecular complexity index is 908. The monoisotopic (exact) mass is 353 g/mol. The quantitative estimate of drug-likeness (QED) is 0.735. The molecule has 7 nitrogen and oxygen atoms in total. The van der Waals surface area contributed by atoms with E-state index in [-0.39, 0.29) is 5.91 Å². The van der Waals surface area contributed by atoms with Gasteiger partial charge < -0.3 is 15.1 Å². The van der Waals surface area contributed by atoms with Gasteiger partial charge in [0, 0.05) is 17.5 Å². The first kappa shape index (κ1) is 16.8. The number of nitrogens with zero attached hydrogens (tertiary/aromatic N) is 3. The highest BCUT2D eigenvalue weighted by molar-refractivity contribution is 5.92. The number of carbonyl (C=O) groups excluding carboxylic acids is 1. The Morgan fingerprint density at radius 1 is 1.42 bits per heavy atom. The molecule has 1 aliphatic heterocycles. The maximum absolute atomic E-state index is 12.4. The van der Waals surface area contributed by atoms with Gasteiger partial charge >= 0.3 is 0 Å². The zero-order valence-electron chi connectivity index (χ0n) is 14.9. The van der Waals surface area contributed by atoms with Crippen LogP contribution in [-0.2, 0) is 13.1 Å². The summed E-state index contributed by atoms with van der Waals surface area (Å²) in [5, 5.41) is 15.4. The molecule has 0 unspecified atom stereocenters. The highest BCUT2D eigenvalue weighted by Gasteiger charge is 2.17. The molecular formula is C19H23N5O2. The lowest BCUT2D eigenvalue weighted by molar-refractivity contribution is 0.0943. The second kappa shape index (κ2) is 7.29. The van der Waals surface area contributed by atoms with E-state index >= 15 is 0 Å². The topological polar surface area (TPSA) is 85.0 Å². The van der Waals surface area contributed by atoms with E-state index in [0.717, 1.165) is 41.9 Å². The molecule has 0 radical (unpaired) electrons. The summed E-state index contributed by atoms with van der Waals surface area (Å²) in [7, 11) is 0. The van der Waals surface area contributed by atoms with E-state index < -0.39 is 0 Å². The molecule has 1 fully saturated rings. The summed E-state index contributed by atoms with van der Waals surface area (Å²) in [6.07, 6.45) is 4.08. The Labute approximate surface area is 151 Å². The lowest BCUT2D eigenvalue weighted by Gasteiger charge is -2.22. The molecule has 26 heavy (non-hydrogen) atoms. The van der Waals surface area contributed by atoms with E-state index in [4.69, 9.17) is 4.42 Å². The van der Waals surface area contributed by atoms with Crippen molar-refractivity contribution in [3.8, 4) is 0 Å². The first-order valence-corrected chi connectivity index (χ1v) is 9.07. The van der Waals surface area contributed by atoms with Gasteiger partial charge in [-0.15, -0.1) is 5.10 Å². The fourth-order valence-electron chi connectivity index (χ4n) is 3.48. The van der Waals surface area contributed by atoms with Gasteiger partial charge in [-0.1, -0.05) is 23.4 Å². The van der Waals surface area contributed by atoms with E-state index in [1.165, 1.54) is 12.8 Å². The van der Waals surface area contributed by atoms with E-state index in [1.54, 1.807) is 10.9 Å². The molecule has 1 aromatic carbocycles. The lowest BCUT2D eigenvalue weighted by atomic mass is 10.00. The van der Waals surface area contributed by atoms with Crippen molar-refractivity contribution in [1.82, 2.24) is 25.6 Å². The molecule has 0 saturated carbocycles. The number of aromatic nitrogens is 3. The lowest BCUT2D eigenvalue weighted by Crippen LogP contribution is -2.32. The van der Waals surface area contributed by atoms with Gasteiger partial charge in [-0.05, 0) is 44.8 Å². The van der Waals surface area contributed by atoms with Crippen LogP contribution in [0.5, 0.6) is 0 Å². The summed E-state index contributed by atoms with van der Waals surface area (Å²) in [6.45, 7) is 5.20. The fourth-order valence-corrected chi connectivity index (χ4v) is 3.48. The highest BCUT2D eigenvalue weighted by Crippen LogP contribution is 2.24. The van der Waals surface area contributed by atoms with Crippen molar-refractivity contribution in [3.63, 3.8) is 0 Å². The molecule has 1 amide bonds. The average molecular weight is 353 g/mol. The van der Waals surface area contributed by atoms with Gasteiger partial charge in [0.05, 0.1) is 12.7 Å². The first-order valence-electron chi connectivity index (χ1n) is 9.07. The van der Waals surface area contributed by atoms with E-state index in [2.05, 4.69) is 20.9 Å². The summed E-state index contributed by atoms with van der Waals surface area (Å²) in [5.41, 5.74) is 2.22. The summed E-state index contributed by atoms with van der Waals surface area (Å²) in [4.78, 5) is 12.4. The third kappa shape index (κ3) is 3.48. The van der Waals surface area contributed by atoms with Crippen LogP contribution in [-0.4, -0.2) is 34.0 Å². The SMILES string of the molecule is Cc1c(CNC(=O)c2cn(C[C@@H]3CCCNC3)nn2)oc2ccccc12. The van der Waals surface area contributed by atoms with Crippen molar-refractivity contribution < 1.29 is 9.21 Å². The molecule has 7 heteroatoms. The molecule has 3 aromatic rings. The Morgan fingerprint density at radius 2 is 2.31 bits per heavy atom. The fraction of sp³-hybridized carbons (Fsp3) is 0.421. The molecule has 1 saturated heterocycles. The summed E-state index contributed by atoms with van der Waals surface area (Å²) in [5.74, 6) is 1.07. The van der Waals surface area contributed by atoms with Crippen LogP contribution in [0.4, 0.5) is 0 Å². The Morgan fingerprint density at radius 3 is 3.12 bits per heavy atom. The second-order valence-electron chi connectivity index (χ2n) is 6.87. The summed E-state index contributed by atoms with van der Waals surface area (Å²) < 4.78 is 7.59. The van der Waals surface area contributed by atoms with Crippen LogP contribution in [0, 0.1) is 12.8 Å². The molecule has 0 bridgehead atoms. The van der Waals surface area contributed by atoms with Crippen LogP contribution in [0.1, 0.15) is 34.7 Å². The van der Waals surface area contributed by atoms with Crippen molar-refractivity contribution in [1.29, 1.82) is 0 Å². The van der Waals surface area contributed by atoms with Gasteiger partial charge in [-0.3, -0.25) is 9.48 Å². The van der Waals surface area contributed by atoms with Crippen LogP contribution in [0.25, 0.3) is 11.0 Å². The van der Waals surface area contributed by atoms with E-state index in [0.29, 0.717) is 18.2 Å². The number of piperidine rings is 1. The van der Waals surface area contributed by atoms with Gasteiger partial charge in [0.25, 0.3) is 5.91 Å². The number of aryl methyl sites for hydroxylation is 1. The Kier molecular flexibility index (Phi) is 4.71. The standard InChI is InChI=1S/C19H23N5O2/c1-13-15-6-2-3-7-17(15)26-18(13)10-21-19(25)16-12-24(23-22-16)11-14-5-4-8-20-9-14/h2-3,6-7,12,14,20H,4-5,8-11H2,1H3,(H,21,25)/t14-/m1/s1. The molecule has 0 spiro atoms. The number of benzene rings is 1. The van der Waals surface area contributed by atoms with Crippen molar-refractivity contribution in [3.05, 3.63) is 47.5 Å². The average Bonchev–Trinajstić information content (AvgIpc) is 3.26. The largest absolute Gasteiger partial charge is 0.459 e. The Hall–Kier alpha value is -2.67. The summed E-state index contributed by atoms with van der Waals surface area (Å²) >= 11 is 0. The van der Waals surface area contributed by atoms with Crippen molar-refractivity contribution in [2.75, 3.05) is 13.1 Å². The third-order valence-electron chi connectivity index (χ3n) is 4.97. The van der Waals surface area contributed by atoms with Gasteiger partial charge in [-0.2, -0.15) is 0 Å². The molecule has 2 aromatic heterocycles. The number of furan rings is 1. The zero-order valence-corrected chi connectivity index (χ0v) is 14.9. The number of fused-ring (bicyclic) bond motifs is 1. The minimum absolute atomic E-state index is 0.238. The third-order valence-corrected chi connectivity index (χ3v) is 4.97. The number of rotatable bonds is 5. The van der Waals surface area contributed by atoms with Crippen molar-refractivity contribution in [2.45, 2.75) is 32.9 Å². The normalized spacial score (nSPS) is 17.5. The number of amides is 1. The molecule has 0 aliphatic carbocycles. The zero-order chi connectivity index (χ0) is 17.9. The van der Waals surface area contributed by atoms with Crippen LogP contribution >= 0.6 is 0 Å². The molecule has 3 heterocycles. The van der Waals surface area contributed by atoms with Crippen LogP contribution in [0.3, 0.4) is 0 Å². The smallest absolute Gasteiger partial charge is 0.273 e. The van der Waals surface area contributed by atoms with E-state index in [9.17, 15) is 4.79 Å². The van der Waals surface area contributed by atoms with Crippen LogP contribution < -0.4 is 10.6 Å². The minimum atomic E-state index is -0.238. The van der Waals surface area contributed by atoms with E-state index in [1.807, 2.05) is 31.2 Å². The second-order valence-corrected chi connectivity index (χ2v) is 6.87. The number of hydrogen-bond acceptors (Lipinski definition) is 5. The number of para-hydroxylation sites is 1. The van der Waals surface area contributed by atoms with Gasteiger partial charge in [-0.25, -0.2) is 0 Å². The molecular weight excluding hydrogens is 330 g/mol. The molecule has 136 valence electrons. The first-order chi connectivity index (χ1) is 12.7. The van der Waals surface area contributed by atoms with Crippen molar-refractivity contribution >= 4 is 16.9 Å². The van der Waals surface area contributed by atoms with Crippen LogP contribution in [0.2, 0.25) is 0 Å². The van der Waals surface area contributed by atoms with Gasteiger partial charge in [0.2, 0.25) is 0 Å². The van der Waals surface area contributed by atoms with Gasteiger partial charge in [0.1, 0.15) is 11.3 Å². The number of carbonyl (C=O) groups is 1. The molecule has 4 rings (SSSR count). The van der Waals surface area contributed by atoms with Crippen molar-refractivity contribution in [2.24, 2.45) is 5.92 Å². The molecule has 2 N–H and O–H groups in total. The summed E-state index contributed by atoms with van der Waals surface area (Å²) in [6, 6.07) is 7.87.